The van der Waals surface area contributed by atoms with Crippen LogP contribution in [0.5, 0.6) is 0 Å². The molecule has 8 heteroatoms. The molecule has 4 nitrogen and oxygen atoms in total. The molecular formula is C15H22F3NO3S. The number of aliphatic carboxylic acids is 1. The van der Waals surface area contributed by atoms with E-state index >= 15 is 0 Å². The maximum absolute atomic E-state index is 12.7. The highest BCUT2D eigenvalue weighted by molar-refractivity contribution is 7.99. The predicted molar refractivity (Wildman–Crippen MR) is 81.2 cm³/mol. The number of nitrogens with zero attached hydrogens (tertiary/aromatic N) is 1. The Morgan fingerprint density at radius 3 is 2.35 bits per heavy atom. The third kappa shape index (κ3) is 5.29. The highest BCUT2D eigenvalue weighted by Crippen LogP contribution is 2.40. The summed E-state index contributed by atoms with van der Waals surface area (Å²) >= 11 is 1.63. The Kier molecular flexibility index (Phi) is 6.22. The average Bonchev–Trinajstić information content (AvgIpc) is 2.46. The molecule has 1 unspecified atom stereocenters. The lowest BCUT2D eigenvalue weighted by Crippen LogP contribution is -2.47. The van der Waals surface area contributed by atoms with Crippen LogP contribution in [0.25, 0.3) is 0 Å². The van der Waals surface area contributed by atoms with Gasteiger partial charge in [0.05, 0.1) is 18.4 Å². The summed E-state index contributed by atoms with van der Waals surface area (Å²) in [7, 11) is 0. The molecule has 132 valence electrons. The molecule has 2 aliphatic rings. The van der Waals surface area contributed by atoms with E-state index in [0.717, 1.165) is 5.75 Å². The normalized spacial score (nSPS) is 29.3. The number of hydrogen-bond acceptors (Lipinski definition) is 3. The van der Waals surface area contributed by atoms with Crippen molar-refractivity contribution < 1.29 is 27.9 Å². The quantitative estimate of drug-likeness (QED) is 0.843. The van der Waals surface area contributed by atoms with E-state index in [1.165, 1.54) is 0 Å². The monoisotopic (exact) mass is 353 g/mol. The predicted octanol–water partition coefficient (Wildman–Crippen LogP) is 3.16. The summed E-state index contributed by atoms with van der Waals surface area (Å²) in [6.45, 7) is 0.527. The Bertz CT molecular complexity index is 436. The van der Waals surface area contributed by atoms with Crippen LogP contribution in [0.1, 0.15) is 38.5 Å². The second-order valence-electron chi connectivity index (χ2n) is 6.38. The third-order valence-electron chi connectivity index (χ3n) is 4.73. The standard InChI is InChI=1S/C15H22F3NO3S/c16-15(17,18)11-3-1-10(2-4-11)7-13(20)19-5-6-23-9-12(19)8-14(21)22/h10-12H,1-9H2,(H,21,22). The van der Waals surface area contributed by atoms with Gasteiger partial charge in [0.2, 0.25) is 5.91 Å². The van der Waals surface area contributed by atoms with Crippen molar-refractivity contribution in [3.8, 4) is 0 Å². The zero-order chi connectivity index (χ0) is 17.0. The fourth-order valence-electron chi connectivity index (χ4n) is 3.41. The number of carboxylic acids is 1. The van der Waals surface area contributed by atoms with Crippen molar-refractivity contribution in [2.45, 2.75) is 50.7 Å². The molecule has 1 heterocycles. The van der Waals surface area contributed by atoms with Gasteiger partial charge in [-0.05, 0) is 31.6 Å². The van der Waals surface area contributed by atoms with Crippen LogP contribution in [0.3, 0.4) is 0 Å². The van der Waals surface area contributed by atoms with Gasteiger partial charge in [0.15, 0.2) is 0 Å². The van der Waals surface area contributed by atoms with E-state index < -0.39 is 18.1 Å². The molecule has 1 atom stereocenters. The van der Waals surface area contributed by atoms with E-state index in [-0.39, 0.29) is 43.6 Å². The van der Waals surface area contributed by atoms with Crippen LogP contribution in [0.4, 0.5) is 13.2 Å². The smallest absolute Gasteiger partial charge is 0.391 e. The molecule has 0 spiro atoms. The van der Waals surface area contributed by atoms with Gasteiger partial charge < -0.3 is 10.0 Å². The molecule has 0 aromatic heterocycles. The van der Waals surface area contributed by atoms with Gasteiger partial charge in [-0.15, -0.1) is 0 Å². The second-order valence-corrected chi connectivity index (χ2v) is 7.53. The number of carboxylic acid groups (broad SMARTS) is 1. The van der Waals surface area contributed by atoms with Gasteiger partial charge in [0.25, 0.3) is 0 Å². The van der Waals surface area contributed by atoms with Crippen LogP contribution < -0.4 is 0 Å². The summed E-state index contributed by atoms with van der Waals surface area (Å²) in [6, 6.07) is -0.301. The summed E-state index contributed by atoms with van der Waals surface area (Å²) in [5.41, 5.74) is 0. The Balaban J connectivity index is 1.85. The highest BCUT2D eigenvalue weighted by Gasteiger charge is 2.42. The van der Waals surface area contributed by atoms with Crippen LogP contribution in [0.15, 0.2) is 0 Å². The number of halogens is 3. The summed E-state index contributed by atoms with van der Waals surface area (Å²) in [5, 5.41) is 8.94. The van der Waals surface area contributed by atoms with Gasteiger partial charge in [-0.2, -0.15) is 24.9 Å². The Morgan fingerprint density at radius 2 is 1.78 bits per heavy atom. The summed E-state index contributed by atoms with van der Waals surface area (Å²) in [5.74, 6) is -0.893. The molecular weight excluding hydrogens is 331 g/mol. The summed E-state index contributed by atoms with van der Waals surface area (Å²) < 4.78 is 38.0. The second kappa shape index (κ2) is 7.77. The van der Waals surface area contributed by atoms with E-state index in [1.807, 2.05) is 0 Å². The number of alkyl halides is 3. The number of hydrogen-bond donors (Lipinski definition) is 1. The lowest BCUT2D eigenvalue weighted by Gasteiger charge is -2.36. The molecule has 2 fully saturated rings. The van der Waals surface area contributed by atoms with Crippen molar-refractivity contribution in [1.82, 2.24) is 4.90 Å². The number of amides is 1. The number of thioether (sulfide) groups is 1. The van der Waals surface area contributed by atoms with Crippen molar-refractivity contribution in [2.24, 2.45) is 11.8 Å². The van der Waals surface area contributed by atoms with Gasteiger partial charge in [-0.3, -0.25) is 9.59 Å². The lowest BCUT2D eigenvalue weighted by atomic mass is 9.80. The van der Waals surface area contributed by atoms with Crippen LogP contribution in [0, 0.1) is 11.8 Å². The van der Waals surface area contributed by atoms with E-state index in [1.54, 1.807) is 16.7 Å². The number of rotatable bonds is 4. The first-order valence-electron chi connectivity index (χ1n) is 7.93. The molecule has 1 saturated carbocycles. The van der Waals surface area contributed by atoms with Crippen LogP contribution >= 0.6 is 11.8 Å². The minimum Gasteiger partial charge on any atom is -0.481 e. The largest absolute Gasteiger partial charge is 0.481 e. The van der Waals surface area contributed by atoms with Gasteiger partial charge >= 0.3 is 12.1 Å². The van der Waals surface area contributed by atoms with Gasteiger partial charge in [-0.25, -0.2) is 0 Å². The van der Waals surface area contributed by atoms with Crippen molar-refractivity contribution in [3.63, 3.8) is 0 Å². The van der Waals surface area contributed by atoms with Crippen LogP contribution in [-0.2, 0) is 9.59 Å². The molecule has 2 rings (SSSR count). The summed E-state index contributed by atoms with van der Waals surface area (Å²) in [6.07, 6.45) is -2.94. The van der Waals surface area contributed by atoms with Crippen LogP contribution in [0.2, 0.25) is 0 Å². The molecule has 1 saturated heterocycles. The first-order chi connectivity index (χ1) is 10.8. The molecule has 0 radical (unpaired) electrons. The topological polar surface area (TPSA) is 57.6 Å². The maximum atomic E-state index is 12.7. The zero-order valence-electron chi connectivity index (χ0n) is 12.8. The molecule has 23 heavy (non-hydrogen) atoms. The van der Waals surface area contributed by atoms with Crippen LogP contribution in [-0.4, -0.2) is 52.2 Å². The molecule has 1 aliphatic carbocycles. The molecule has 0 aromatic rings. The van der Waals surface area contributed by atoms with Crippen molar-refractivity contribution in [1.29, 1.82) is 0 Å². The molecule has 0 bridgehead atoms. The van der Waals surface area contributed by atoms with Crippen molar-refractivity contribution >= 4 is 23.6 Å². The Labute approximate surface area is 137 Å². The molecule has 1 aliphatic heterocycles. The van der Waals surface area contributed by atoms with E-state index in [4.69, 9.17) is 5.11 Å². The maximum Gasteiger partial charge on any atom is 0.391 e. The third-order valence-corrected chi connectivity index (χ3v) is 5.82. The van der Waals surface area contributed by atoms with Crippen molar-refractivity contribution in [2.75, 3.05) is 18.1 Å². The molecule has 0 aromatic carbocycles. The summed E-state index contributed by atoms with van der Waals surface area (Å²) in [4.78, 5) is 25.0. The minimum absolute atomic E-state index is 0.0128. The van der Waals surface area contributed by atoms with Gasteiger partial charge in [0.1, 0.15) is 0 Å². The first-order valence-corrected chi connectivity index (χ1v) is 9.08. The first kappa shape index (κ1) is 18.4. The number of carbonyl (C=O) groups is 2. The molecule has 1 amide bonds. The fourth-order valence-corrected chi connectivity index (χ4v) is 4.47. The fraction of sp³-hybridized carbons (Fsp3) is 0.867. The lowest BCUT2D eigenvalue weighted by molar-refractivity contribution is -0.184. The molecule has 1 N–H and O–H groups in total. The Hall–Kier alpha value is -0.920. The van der Waals surface area contributed by atoms with E-state index in [9.17, 15) is 22.8 Å². The van der Waals surface area contributed by atoms with E-state index in [2.05, 4.69) is 0 Å². The zero-order valence-corrected chi connectivity index (χ0v) is 13.7. The highest BCUT2D eigenvalue weighted by atomic mass is 32.2. The van der Waals surface area contributed by atoms with Gasteiger partial charge in [0, 0.05) is 24.5 Å². The van der Waals surface area contributed by atoms with Gasteiger partial charge in [-0.1, -0.05) is 0 Å². The average molecular weight is 353 g/mol. The van der Waals surface area contributed by atoms with E-state index in [0.29, 0.717) is 25.1 Å². The van der Waals surface area contributed by atoms with Crippen molar-refractivity contribution in [3.05, 3.63) is 0 Å². The SMILES string of the molecule is O=C(O)CC1CSCCN1C(=O)CC1CCC(C(F)(F)F)CC1. The number of carbonyl (C=O) groups excluding carboxylic acids is 1. The Morgan fingerprint density at radius 1 is 1.13 bits per heavy atom. The minimum atomic E-state index is -4.13.